The number of aromatic nitrogens is 2. The van der Waals surface area contributed by atoms with Crippen molar-refractivity contribution in [3.8, 4) is 11.3 Å². The second-order valence-electron chi connectivity index (χ2n) is 5.53. The molecular formula is C18H16N4O. The van der Waals surface area contributed by atoms with Gasteiger partial charge < -0.3 is 10.2 Å². The maximum absolute atomic E-state index is 11.7. The Kier molecular flexibility index (Phi) is 3.38. The first-order valence-corrected chi connectivity index (χ1v) is 7.65. The molecule has 0 radical (unpaired) electrons. The molecule has 0 unspecified atom stereocenters. The van der Waals surface area contributed by atoms with Crippen molar-refractivity contribution >= 4 is 22.8 Å². The standard InChI is InChI=1S/C18H16N4O/c23-16-12-22(11-10-19-16)18-20-15-9-5-4-8-14(15)17(21-18)13-6-2-1-3-7-13/h1-9H,10-12H2,(H,19,23). The van der Waals surface area contributed by atoms with Crippen LogP contribution in [0.1, 0.15) is 0 Å². The van der Waals surface area contributed by atoms with Crippen molar-refractivity contribution in [2.75, 3.05) is 24.5 Å². The molecule has 4 rings (SSSR count). The number of anilines is 1. The van der Waals surface area contributed by atoms with Crippen LogP contribution in [0.3, 0.4) is 0 Å². The Morgan fingerprint density at radius 3 is 2.57 bits per heavy atom. The lowest BCUT2D eigenvalue weighted by Crippen LogP contribution is -2.48. The van der Waals surface area contributed by atoms with Crippen LogP contribution < -0.4 is 10.2 Å². The van der Waals surface area contributed by atoms with E-state index in [1.165, 1.54) is 0 Å². The maximum Gasteiger partial charge on any atom is 0.239 e. The van der Waals surface area contributed by atoms with Gasteiger partial charge in [0.05, 0.1) is 17.8 Å². The van der Waals surface area contributed by atoms with E-state index in [2.05, 4.69) is 10.3 Å². The van der Waals surface area contributed by atoms with Gasteiger partial charge in [0.15, 0.2) is 0 Å². The summed E-state index contributed by atoms with van der Waals surface area (Å²) in [5, 5.41) is 3.85. The second-order valence-corrected chi connectivity index (χ2v) is 5.53. The van der Waals surface area contributed by atoms with Gasteiger partial charge in [0.2, 0.25) is 11.9 Å². The number of benzene rings is 2. The van der Waals surface area contributed by atoms with Crippen LogP contribution in [0.4, 0.5) is 5.95 Å². The van der Waals surface area contributed by atoms with Gasteiger partial charge in [0.25, 0.3) is 0 Å². The number of piperazine rings is 1. The van der Waals surface area contributed by atoms with Gasteiger partial charge in [-0.1, -0.05) is 48.5 Å². The number of hydrogen-bond donors (Lipinski definition) is 1. The maximum atomic E-state index is 11.7. The fourth-order valence-electron chi connectivity index (χ4n) is 2.83. The van der Waals surface area contributed by atoms with Crippen LogP contribution in [0.15, 0.2) is 54.6 Å². The summed E-state index contributed by atoms with van der Waals surface area (Å²) in [6.07, 6.45) is 0. The lowest BCUT2D eigenvalue weighted by molar-refractivity contribution is -0.120. The number of carbonyl (C=O) groups excluding carboxylic acids is 1. The number of nitrogens with zero attached hydrogens (tertiary/aromatic N) is 3. The summed E-state index contributed by atoms with van der Waals surface area (Å²) in [6.45, 7) is 1.64. The fourth-order valence-corrected chi connectivity index (χ4v) is 2.83. The molecule has 1 saturated heterocycles. The molecule has 5 nitrogen and oxygen atoms in total. The third-order valence-electron chi connectivity index (χ3n) is 3.96. The van der Waals surface area contributed by atoms with E-state index in [0.29, 0.717) is 19.0 Å². The minimum absolute atomic E-state index is 0.00858. The highest BCUT2D eigenvalue weighted by Crippen LogP contribution is 2.28. The molecule has 0 atom stereocenters. The van der Waals surface area contributed by atoms with Crippen LogP contribution in [-0.2, 0) is 4.79 Å². The highest BCUT2D eigenvalue weighted by molar-refractivity contribution is 5.93. The molecule has 114 valence electrons. The highest BCUT2D eigenvalue weighted by atomic mass is 16.2. The Labute approximate surface area is 134 Å². The average molecular weight is 304 g/mol. The van der Waals surface area contributed by atoms with Crippen molar-refractivity contribution in [1.82, 2.24) is 15.3 Å². The van der Waals surface area contributed by atoms with Gasteiger partial charge in [-0.2, -0.15) is 0 Å². The molecule has 1 aromatic heterocycles. The Morgan fingerprint density at radius 2 is 1.74 bits per heavy atom. The SMILES string of the molecule is O=C1CN(c2nc(-c3ccccc3)c3ccccc3n2)CCN1. The predicted molar refractivity (Wildman–Crippen MR) is 90.2 cm³/mol. The van der Waals surface area contributed by atoms with E-state index in [-0.39, 0.29) is 5.91 Å². The van der Waals surface area contributed by atoms with E-state index in [0.717, 1.165) is 28.7 Å². The van der Waals surface area contributed by atoms with Crippen LogP contribution in [0, 0.1) is 0 Å². The van der Waals surface area contributed by atoms with Gasteiger partial charge in [0.1, 0.15) is 0 Å². The van der Waals surface area contributed by atoms with E-state index in [1.807, 2.05) is 59.5 Å². The highest BCUT2D eigenvalue weighted by Gasteiger charge is 2.20. The van der Waals surface area contributed by atoms with E-state index in [4.69, 9.17) is 4.98 Å². The first-order valence-electron chi connectivity index (χ1n) is 7.65. The summed E-state index contributed by atoms with van der Waals surface area (Å²) in [7, 11) is 0. The van der Waals surface area contributed by atoms with E-state index in [1.54, 1.807) is 0 Å². The van der Waals surface area contributed by atoms with Crippen molar-refractivity contribution in [2.24, 2.45) is 0 Å². The van der Waals surface area contributed by atoms with Crippen LogP contribution in [0.5, 0.6) is 0 Å². The molecule has 3 aromatic rings. The third-order valence-corrected chi connectivity index (χ3v) is 3.96. The third kappa shape index (κ3) is 2.61. The number of fused-ring (bicyclic) bond motifs is 1. The van der Waals surface area contributed by atoms with E-state index in [9.17, 15) is 4.79 Å². The van der Waals surface area contributed by atoms with Gasteiger partial charge in [0, 0.05) is 24.0 Å². The number of para-hydroxylation sites is 1. The first kappa shape index (κ1) is 13.7. The van der Waals surface area contributed by atoms with Crippen molar-refractivity contribution in [1.29, 1.82) is 0 Å². The monoisotopic (exact) mass is 304 g/mol. The molecule has 2 aromatic carbocycles. The molecular weight excluding hydrogens is 288 g/mol. The van der Waals surface area contributed by atoms with E-state index < -0.39 is 0 Å². The van der Waals surface area contributed by atoms with Gasteiger partial charge in [-0.05, 0) is 6.07 Å². The summed E-state index contributed by atoms with van der Waals surface area (Å²) < 4.78 is 0. The number of carbonyl (C=O) groups is 1. The molecule has 1 amide bonds. The normalized spacial score (nSPS) is 14.8. The second kappa shape index (κ2) is 5.68. The van der Waals surface area contributed by atoms with Crippen LogP contribution in [0.2, 0.25) is 0 Å². The average Bonchev–Trinajstić information content (AvgIpc) is 2.61. The van der Waals surface area contributed by atoms with Gasteiger partial charge in [-0.25, -0.2) is 9.97 Å². The zero-order valence-electron chi connectivity index (χ0n) is 12.6. The molecule has 0 spiro atoms. The first-order chi connectivity index (χ1) is 11.3. The fraction of sp³-hybridized carbons (Fsp3) is 0.167. The zero-order valence-corrected chi connectivity index (χ0v) is 12.6. The van der Waals surface area contributed by atoms with Crippen molar-refractivity contribution < 1.29 is 4.79 Å². The molecule has 23 heavy (non-hydrogen) atoms. The number of hydrogen-bond acceptors (Lipinski definition) is 4. The van der Waals surface area contributed by atoms with Crippen LogP contribution >= 0.6 is 0 Å². The van der Waals surface area contributed by atoms with Crippen molar-refractivity contribution in [3.05, 3.63) is 54.6 Å². The molecule has 0 saturated carbocycles. The topological polar surface area (TPSA) is 58.1 Å². The van der Waals surface area contributed by atoms with E-state index >= 15 is 0 Å². The largest absolute Gasteiger partial charge is 0.353 e. The smallest absolute Gasteiger partial charge is 0.239 e. The number of nitrogens with one attached hydrogen (secondary N) is 1. The lowest BCUT2D eigenvalue weighted by atomic mass is 10.1. The summed E-state index contributed by atoms with van der Waals surface area (Å²) in [5.74, 6) is 0.617. The quantitative estimate of drug-likeness (QED) is 0.789. The molecule has 1 aliphatic rings. The Hall–Kier alpha value is -2.95. The van der Waals surface area contributed by atoms with Crippen molar-refractivity contribution in [2.45, 2.75) is 0 Å². The molecule has 2 heterocycles. The molecule has 0 aliphatic carbocycles. The zero-order chi connectivity index (χ0) is 15.6. The molecule has 5 heteroatoms. The van der Waals surface area contributed by atoms with Crippen LogP contribution in [0.25, 0.3) is 22.2 Å². The number of amides is 1. The Balaban J connectivity index is 1.88. The van der Waals surface area contributed by atoms with Crippen molar-refractivity contribution in [3.63, 3.8) is 0 Å². The summed E-state index contributed by atoms with van der Waals surface area (Å²) in [5.41, 5.74) is 2.84. The van der Waals surface area contributed by atoms with Gasteiger partial charge in [-0.3, -0.25) is 4.79 Å². The number of rotatable bonds is 2. The van der Waals surface area contributed by atoms with Crippen LogP contribution in [-0.4, -0.2) is 35.5 Å². The summed E-state index contributed by atoms with van der Waals surface area (Å²) >= 11 is 0. The van der Waals surface area contributed by atoms with Gasteiger partial charge in [-0.15, -0.1) is 0 Å². The minimum Gasteiger partial charge on any atom is -0.353 e. The summed E-state index contributed by atoms with van der Waals surface area (Å²) in [6, 6.07) is 18.1. The summed E-state index contributed by atoms with van der Waals surface area (Å²) in [4.78, 5) is 23.0. The lowest BCUT2D eigenvalue weighted by Gasteiger charge is -2.27. The molecule has 0 bridgehead atoms. The Bertz CT molecular complexity index is 863. The molecule has 1 fully saturated rings. The Morgan fingerprint density at radius 1 is 0.957 bits per heavy atom. The molecule has 1 N–H and O–H groups in total. The molecule has 1 aliphatic heterocycles. The van der Waals surface area contributed by atoms with Gasteiger partial charge >= 0.3 is 0 Å². The predicted octanol–water partition coefficient (Wildman–Crippen LogP) is 2.23. The minimum atomic E-state index is 0.00858.